The van der Waals surface area contributed by atoms with Gasteiger partial charge in [-0.2, -0.15) is 5.10 Å². The molecule has 2 aliphatic heterocycles. The molecule has 0 radical (unpaired) electrons. The fourth-order valence-corrected chi connectivity index (χ4v) is 1.81. The molecule has 74 valence electrons. The van der Waals surface area contributed by atoms with E-state index in [4.69, 9.17) is 4.74 Å². The molecule has 0 spiro atoms. The number of hydrogen-bond acceptors (Lipinski definition) is 5. The Balaban J connectivity index is 1.94. The second-order valence-electron chi connectivity index (χ2n) is 3.41. The van der Waals surface area contributed by atoms with Crippen LogP contribution < -0.4 is 0 Å². The van der Waals surface area contributed by atoms with Gasteiger partial charge in [0.2, 0.25) is 5.85 Å². The third kappa shape index (κ3) is 0.851. The summed E-state index contributed by atoms with van der Waals surface area (Å²) in [7, 11) is 0. The van der Waals surface area contributed by atoms with Crippen LogP contribution in [0.15, 0.2) is 12.4 Å². The first-order chi connectivity index (χ1) is 6.72. The number of nitrogens with zero attached hydrogens (tertiary/aromatic N) is 4. The highest BCUT2D eigenvalue weighted by Gasteiger charge is 2.60. The quantitative estimate of drug-likeness (QED) is 0.370. The Morgan fingerprint density at radius 3 is 3.07 bits per heavy atom. The van der Waals surface area contributed by atoms with Crippen LogP contribution in [0.3, 0.4) is 0 Å². The second kappa shape index (κ2) is 2.31. The molecule has 2 atom stereocenters. The second-order valence-corrected chi connectivity index (χ2v) is 3.41. The zero-order valence-corrected chi connectivity index (χ0v) is 7.29. The number of aromatic nitrogens is 2. The Morgan fingerprint density at radius 2 is 2.57 bits per heavy atom. The van der Waals surface area contributed by atoms with E-state index < -0.39 is 10.8 Å². The number of morpholine rings is 1. The average Bonchev–Trinajstić information content (AvgIpc) is 2.63. The Morgan fingerprint density at radius 1 is 1.71 bits per heavy atom. The van der Waals surface area contributed by atoms with E-state index in [1.165, 1.54) is 17.1 Å². The lowest BCUT2D eigenvalue weighted by molar-refractivity contribution is -0.385. The zero-order chi connectivity index (χ0) is 9.76. The molecule has 2 aliphatic rings. The molecule has 0 N–H and O–H groups in total. The van der Waals surface area contributed by atoms with Gasteiger partial charge in [0.15, 0.2) is 0 Å². The number of fused-ring (bicyclic) bond motifs is 1. The van der Waals surface area contributed by atoms with Crippen LogP contribution in [0, 0.1) is 10.1 Å². The van der Waals surface area contributed by atoms with Crippen molar-refractivity contribution in [3.05, 3.63) is 22.5 Å². The summed E-state index contributed by atoms with van der Waals surface area (Å²) in [5.74, 6) is -0.506. The summed E-state index contributed by atoms with van der Waals surface area (Å²) in [6.45, 7) is 2.30. The third-order valence-electron chi connectivity index (χ3n) is 2.62. The summed E-state index contributed by atoms with van der Waals surface area (Å²) in [6, 6.07) is 0. The van der Waals surface area contributed by atoms with Gasteiger partial charge in [0, 0.05) is 6.54 Å². The van der Waals surface area contributed by atoms with Crippen LogP contribution in [0.1, 0.15) is 0 Å². The summed E-state index contributed by atoms with van der Waals surface area (Å²) in [5.41, 5.74) is 0.00160. The fourth-order valence-electron chi connectivity index (χ4n) is 1.81. The molecule has 0 bridgehead atoms. The van der Waals surface area contributed by atoms with Crippen molar-refractivity contribution in [2.45, 2.75) is 5.85 Å². The molecule has 14 heavy (non-hydrogen) atoms. The molecule has 1 aromatic heterocycles. The predicted molar refractivity (Wildman–Crippen MR) is 44.4 cm³/mol. The number of hydrogen-bond donors (Lipinski definition) is 0. The van der Waals surface area contributed by atoms with Crippen LogP contribution in [0.5, 0.6) is 0 Å². The van der Waals surface area contributed by atoms with Gasteiger partial charge in [0.25, 0.3) is 0 Å². The first-order valence-electron chi connectivity index (χ1n) is 4.31. The molecule has 1 aromatic rings. The SMILES string of the molecule is O=[N+]([O-])c1cnn(C23CN2CCO3)c1. The molecule has 2 unspecified atom stereocenters. The van der Waals surface area contributed by atoms with Crippen LogP contribution in [-0.2, 0) is 10.6 Å². The van der Waals surface area contributed by atoms with Gasteiger partial charge in [-0.25, -0.2) is 9.58 Å². The molecule has 7 heteroatoms. The Labute approximate surface area is 79.0 Å². The largest absolute Gasteiger partial charge is 0.339 e. The van der Waals surface area contributed by atoms with Crippen molar-refractivity contribution in [2.24, 2.45) is 0 Å². The van der Waals surface area contributed by atoms with E-state index in [1.54, 1.807) is 0 Å². The molecule has 0 saturated carbocycles. The van der Waals surface area contributed by atoms with Gasteiger partial charge in [-0.1, -0.05) is 0 Å². The van der Waals surface area contributed by atoms with Gasteiger partial charge in [0.1, 0.15) is 12.4 Å². The Kier molecular flexibility index (Phi) is 1.30. The molecule has 3 rings (SSSR count). The Hall–Kier alpha value is -1.47. The molecule has 0 aliphatic carbocycles. The summed E-state index contributed by atoms with van der Waals surface area (Å²) >= 11 is 0. The first kappa shape index (κ1) is 7.89. The summed E-state index contributed by atoms with van der Waals surface area (Å²) in [5, 5.41) is 14.4. The minimum absolute atomic E-state index is 0.00160. The van der Waals surface area contributed by atoms with Crippen LogP contribution in [0.4, 0.5) is 5.69 Å². The van der Waals surface area contributed by atoms with Gasteiger partial charge >= 0.3 is 5.69 Å². The number of ether oxygens (including phenoxy) is 1. The molecule has 2 fully saturated rings. The van der Waals surface area contributed by atoms with Crippen LogP contribution in [-0.4, -0.2) is 39.3 Å². The number of rotatable bonds is 2. The topological polar surface area (TPSA) is 73.2 Å². The molecule has 0 aromatic carbocycles. The van der Waals surface area contributed by atoms with Crippen molar-refractivity contribution in [2.75, 3.05) is 19.7 Å². The van der Waals surface area contributed by atoms with E-state index in [0.29, 0.717) is 6.61 Å². The highest BCUT2D eigenvalue weighted by atomic mass is 16.6. The van der Waals surface area contributed by atoms with E-state index >= 15 is 0 Å². The highest BCUT2D eigenvalue weighted by molar-refractivity contribution is 5.22. The molecule has 7 nitrogen and oxygen atoms in total. The van der Waals surface area contributed by atoms with Crippen molar-refractivity contribution in [3.63, 3.8) is 0 Å². The maximum absolute atomic E-state index is 10.4. The maximum atomic E-state index is 10.4. The smallest absolute Gasteiger partial charge is 0.307 e. The highest BCUT2D eigenvalue weighted by Crippen LogP contribution is 2.42. The van der Waals surface area contributed by atoms with E-state index in [0.717, 1.165) is 13.1 Å². The molecule has 3 heterocycles. The van der Waals surface area contributed by atoms with Crippen molar-refractivity contribution in [1.82, 2.24) is 14.7 Å². The van der Waals surface area contributed by atoms with Gasteiger partial charge in [0.05, 0.1) is 18.1 Å². The van der Waals surface area contributed by atoms with Crippen molar-refractivity contribution in [1.29, 1.82) is 0 Å². The maximum Gasteiger partial charge on any atom is 0.307 e. The van der Waals surface area contributed by atoms with Gasteiger partial charge in [-0.15, -0.1) is 0 Å². The van der Waals surface area contributed by atoms with Gasteiger partial charge < -0.3 is 4.74 Å². The summed E-state index contributed by atoms with van der Waals surface area (Å²) in [4.78, 5) is 12.1. The third-order valence-corrected chi connectivity index (χ3v) is 2.62. The van der Waals surface area contributed by atoms with Crippen molar-refractivity contribution in [3.8, 4) is 0 Å². The fraction of sp³-hybridized carbons (Fsp3) is 0.571. The lowest BCUT2D eigenvalue weighted by Crippen LogP contribution is -2.22. The van der Waals surface area contributed by atoms with E-state index in [2.05, 4.69) is 10.00 Å². The van der Waals surface area contributed by atoms with Crippen molar-refractivity contribution >= 4 is 5.69 Å². The lowest BCUT2D eigenvalue weighted by atomic mass is 10.6. The predicted octanol–water partition coefficient (Wildman–Crippen LogP) is -0.253. The standard InChI is InChI=1S/C7H8N4O3/c12-11(13)6-3-8-10(4-6)7-5-9(7)1-2-14-7/h3-4H,1-2,5H2. The monoisotopic (exact) mass is 196 g/mol. The summed E-state index contributed by atoms with van der Waals surface area (Å²) in [6.07, 6.45) is 2.65. The van der Waals surface area contributed by atoms with E-state index in [9.17, 15) is 10.1 Å². The molecular formula is C7H8N4O3. The van der Waals surface area contributed by atoms with E-state index in [-0.39, 0.29) is 5.69 Å². The normalized spacial score (nSPS) is 34.1. The van der Waals surface area contributed by atoms with E-state index in [1.807, 2.05) is 0 Å². The average molecular weight is 196 g/mol. The Bertz CT molecular complexity index is 403. The lowest BCUT2D eigenvalue weighted by Gasteiger charge is -2.09. The molecular weight excluding hydrogens is 188 g/mol. The number of nitro groups is 1. The minimum Gasteiger partial charge on any atom is -0.339 e. The van der Waals surface area contributed by atoms with Gasteiger partial charge in [-0.3, -0.25) is 10.1 Å². The summed E-state index contributed by atoms with van der Waals surface area (Å²) < 4.78 is 7.02. The van der Waals surface area contributed by atoms with Crippen LogP contribution >= 0.6 is 0 Å². The zero-order valence-electron chi connectivity index (χ0n) is 7.29. The van der Waals surface area contributed by atoms with Crippen LogP contribution in [0.25, 0.3) is 0 Å². The van der Waals surface area contributed by atoms with Crippen LogP contribution in [0.2, 0.25) is 0 Å². The first-order valence-corrected chi connectivity index (χ1v) is 4.31. The minimum atomic E-state index is -0.506. The van der Waals surface area contributed by atoms with Crippen molar-refractivity contribution < 1.29 is 9.66 Å². The van der Waals surface area contributed by atoms with Gasteiger partial charge in [-0.05, 0) is 0 Å². The molecule has 2 saturated heterocycles. The molecule has 0 amide bonds.